The number of methoxy groups -OCH3 is 3. The van der Waals surface area contributed by atoms with Gasteiger partial charge in [0.1, 0.15) is 11.7 Å². The van der Waals surface area contributed by atoms with Crippen LogP contribution >= 0.6 is 0 Å². The monoisotopic (exact) mass is 496 g/mol. The van der Waals surface area contributed by atoms with Crippen LogP contribution in [0.25, 0.3) is 0 Å². The average Bonchev–Trinajstić information content (AvgIpc) is 3.16. The number of rotatable bonds is 9. The second-order valence-electron chi connectivity index (χ2n) is 8.90. The number of Topliss-reactive ketones (excluding diaryl/α,β-unsaturated/α-hetero) is 2. The number of morpholine rings is 1. The molecule has 192 valence electrons. The van der Waals surface area contributed by atoms with Crippen molar-refractivity contribution in [2.45, 2.75) is 13.0 Å². The van der Waals surface area contributed by atoms with Gasteiger partial charge in [0.15, 0.2) is 17.3 Å². The van der Waals surface area contributed by atoms with E-state index in [1.54, 1.807) is 43.5 Å². The Labute approximate surface area is 210 Å². The molecule has 2 aromatic rings. The summed E-state index contributed by atoms with van der Waals surface area (Å²) in [4.78, 5) is 44.0. The van der Waals surface area contributed by atoms with E-state index in [0.717, 1.165) is 18.7 Å². The number of ether oxygens (including phenoxy) is 4. The van der Waals surface area contributed by atoms with Crippen molar-refractivity contribution in [3.8, 4) is 17.2 Å². The fourth-order valence-corrected chi connectivity index (χ4v) is 4.92. The average molecular weight is 497 g/mol. The molecule has 2 aromatic carbocycles. The van der Waals surface area contributed by atoms with E-state index in [9.17, 15) is 14.4 Å². The molecular weight excluding hydrogens is 464 g/mol. The standard InChI is InChI=1S/C27H32N2O7/c1-17-15-19(6-7-20(17)33-2)25(30)23-24(18-5-8-21(34-3)22(16-18)35-4)29(27(32)26(23)31)10-9-28-11-13-36-14-12-28/h5-8,15-16,23-24H,9-14H2,1-4H3. The van der Waals surface area contributed by atoms with Gasteiger partial charge in [0.25, 0.3) is 5.91 Å². The van der Waals surface area contributed by atoms with E-state index in [1.165, 1.54) is 19.1 Å². The van der Waals surface area contributed by atoms with Crippen molar-refractivity contribution in [1.82, 2.24) is 9.80 Å². The summed E-state index contributed by atoms with van der Waals surface area (Å²) in [6.45, 7) is 5.49. The molecule has 0 bridgehead atoms. The zero-order chi connectivity index (χ0) is 25.8. The first kappa shape index (κ1) is 25.7. The van der Waals surface area contributed by atoms with Gasteiger partial charge in [-0.2, -0.15) is 0 Å². The summed E-state index contributed by atoms with van der Waals surface area (Å²) in [5, 5.41) is 0. The van der Waals surface area contributed by atoms with E-state index in [1.807, 2.05) is 6.92 Å². The maximum Gasteiger partial charge on any atom is 0.291 e. The Morgan fingerprint density at radius 3 is 2.22 bits per heavy atom. The number of likely N-dealkylation sites (tertiary alicyclic amines) is 1. The summed E-state index contributed by atoms with van der Waals surface area (Å²) in [5.74, 6) is -1.29. The van der Waals surface area contributed by atoms with Crippen LogP contribution < -0.4 is 14.2 Å². The highest BCUT2D eigenvalue weighted by molar-refractivity contribution is 6.44. The van der Waals surface area contributed by atoms with Crippen LogP contribution in [-0.4, -0.2) is 88.0 Å². The van der Waals surface area contributed by atoms with Crippen LogP contribution in [0.4, 0.5) is 0 Å². The quantitative estimate of drug-likeness (QED) is 0.297. The maximum absolute atomic E-state index is 13.7. The third-order valence-electron chi connectivity index (χ3n) is 6.88. The second kappa shape index (κ2) is 11.1. The number of ketones is 2. The molecule has 2 atom stereocenters. The number of amides is 1. The van der Waals surface area contributed by atoms with Crippen molar-refractivity contribution in [2.24, 2.45) is 5.92 Å². The van der Waals surface area contributed by atoms with E-state index in [2.05, 4.69) is 4.90 Å². The van der Waals surface area contributed by atoms with E-state index in [-0.39, 0.29) is 0 Å². The Bertz CT molecular complexity index is 1140. The number of hydrogen-bond donors (Lipinski definition) is 0. The van der Waals surface area contributed by atoms with Gasteiger partial charge in [-0.15, -0.1) is 0 Å². The molecule has 9 nitrogen and oxygen atoms in total. The number of hydrogen-bond acceptors (Lipinski definition) is 8. The molecule has 0 saturated carbocycles. The minimum absolute atomic E-state index is 0.314. The minimum atomic E-state index is -1.17. The smallest absolute Gasteiger partial charge is 0.291 e. The molecule has 0 radical (unpaired) electrons. The highest BCUT2D eigenvalue weighted by atomic mass is 16.5. The fourth-order valence-electron chi connectivity index (χ4n) is 4.92. The van der Waals surface area contributed by atoms with Gasteiger partial charge >= 0.3 is 0 Å². The van der Waals surface area contributed by atoms with Gasteiger partial charge in [-0.05, 0) is 48.4 Å². The van der Waals surface area contributed by atoms with Crippen molar-refractivity contribution in [1.29, 1.82) is 0 Å². The van der Waals surface area contributed by atoms with Crippen molar-refractivity contribution in [3.63, 3.8) is 0 Å². The lowest BCUT2D eigenvalue weighted by Gasteiger charge is -2.32. The van der Waals surface area contributed by atoms with Crippen LogP contribution in [0.3, 0.4) is 0 Å². The van der Waals surface area contributed by atoms with E-state index in [0.29, 0.717) is 54.7 Å². The van der Waals surface area contributed by atoms with Crippen LogP contribution in [0.2, 0.25) is 0 Å². The van der Waals surface area contributed by atoms with Gasteiger partial charge in [0.2, 0.25) is 5.78 Å². The van der Waals surface area contributed by atoms with Gasteiger partial charge in [-0.1, -0.05) is 6.07 Å². The molecule has 2 aliphatic heterocycles. The maximum atomic E-state index is 13.7. The molecule has 4 rings (SSSR count). The zero-order valence-electron chi connectivity index (χ0n) is 21.1. The lowest BCUT2D eigenvalue weighted by Crippen LogP contribution is -2.42. The number of benzene rings is 2. The lowest BCUT2D eigenvalue weighted by molar-refractivity contribution is -0.141. The SMILES string of the molecule is COc1ccc(C(=O)C2C(=O)C(=O)N(CCN3CCOCC3)C2c2ccc(OC)c(OC)c2)cc1C. The second-order valence-corrected chi connectivity index (χ2v) is 8.90. The van der Waals surface area contributed by atoms with Crippen LogP contribution in [-0.2, 0) is 14.3 Å². The number of aryl methyl sites for hydroxylation is 1. The van der Waals surface area contributed by atoms with Crippen LogP contribution in [0.5, 0.6) is 17.2 Å². The Morgan fingerprint density at radius 1 is 0.917 bits per heavy atom. The molecule has 0 N–H and O–H groups in total. The third-order valence-corrected chi connectivity index (χ3v) is 6.88. The van der Waals surface area contributed by atoms with Crippen LogP contribution in [0.15, 0.2) is 36.4 Å². The molecule has 36 heavy (non-hydrogen) atoms. The number of nitrogens with zero attached hydrogens (tertiary/aromatic N) is 2. The van der Waals surface area contributed by atoms with E-state index in [4.69, 9.17) is 18.9 Å². The van der Waals surface area contributed by atoms with E-state index >= 15 is 0 Å². The third kappa shape index (κ3) is 4.94. The van der Waals surface area contributed by atoms with Gasteiger partial charge in [-0.25, -0.2) is 0 Å². The van der Waals surface area contributed by atoms with Crippen molar-refractivity contribution in [2.75, 3.05) is 60.7 Å². The minimum Gasteiger partial charge on any atom is -0.496 e. The molecule has 2 fully saturated rings. The predicted molar refractivity (Wildman–Crippen MR) is 132 cm³/mol. The molecule has 0 aliphatic carbocycles. The molecule has 2 heterocycles. The van der Waals surface area contributed by atoms with Crippen LogP contribution in [0, 0.1) is 12.8 Å². The highest BCUT2D eigenvalue weighted by Gasteiger charge is 2.51. The topological polar surface area (TPSA) is 94.6 Å². The van der Waals surface area contributed by atoms with Crippen molar-refractivity contribution in [3.05, 3.63) is 53.1 Å². The van der Waals surface area contributed by atoms with Gasteiger partial charge in [0, 0.05) is 31.7 Å². The van der Waals surface area contributed by atoms with Crippen LogP contribution in [0.1, 0.15) is 27.5 Å². The summed E-state index contributed by atoms with van der Waals surface area (Å²) in [7, 11) is 4.61. The summed E-state index contributed by atoms with van der Waals surface area (Å²) in [6, 6.07) is 9.50. The largest absolute Gasteiger partial charge is 0.496 e. The molecule has 2 saturated heterocycles. The van der Waals surface area contributed by atoms with Gasteiger partial charge < -0.3 is 23.8 Å². The zero-order valence-corrected chi connectivity index (χ0v) is 21.1. The van der Waals surface area contributed by atoms with Gasteiger partial charge in [0.05, 0.1) is 40.6 Å². The first-order chi connectivity index (χ1) is 17.4. The molecule has 2 unspecified atom stereocenters. The highest BCUT2D eigenvalue weighted by Crippen LogP contribution is 2.41. The number of carbonyl (C=O) groups excluding carboxylic acids is 3. The Morgan fingerprint density at radius 2 is 1.58 bits per heavy atom. The molecule has 1 amide bonds. The number of carbonyl (C=O) groups is 3. The Hall–Kier alpha value is -3.43. The first-order valence-electron chi connectivity index (χ1n) is 11.9. The summed E-state index contributed by atoms with van der Waals surface area (Å²) in [6.07, 6.45) is 0. The predicted octanol–water partition coefficient (Wildman–Crippen LogP) is 2.30. The normalized spacial score (nSPS) is 20.5. The molecule has 2 aliphatic rings. The molecule has 0 aromatic heterocycles. The molecule has 0 spiro atoms. The summed E-state index contributed by atoms with van der Waals surface area (Å²) < 4.78 is 21.5. The lowest BCUT2D eigenvalue weighted by atomic mass is 9.85. The summed E-state index contributed by atoms with van der Waals surface area (Å²) >= 11 is 0. The van der Waals surface area contributed by atoms with Crippen molar-refractivity contribution < 1.29 is 33.3 Å². The Kier molecular flexibility index (Phi) is 7.91. The fraction of sp³-hybridized carbons (Fsp3) is 0.444. The first-order valence-corrected chi connectivity index (χ1v) is 11.9. The summed E-state index contributed by atoms with van der Waals surface area (Å²) in [5.41, 5.74) is 1.77. The van der Waals surface area contributed by atoms with Gasteiger partial charge in [-0.3, -0.25) is 19.3 Å². The molecular formula is C27H32N2O7. The molecule has 9 heteroatoms. The van der Waals surface area contributed by atoms with E-state index < -0.39 is 29.4 Å². The Balaban J connectivity index is 1.72. The van der Waals surface area contributed by atoms with Crippen molar-refractivity contribution >= 4 is 17.5 Å².